The smallest absolute Gasteiger partial charge is 0.249 e. The van der Waals surface area contributed by atoms with E-state index < -0.39 is 44.2 Å². The third kappa shape index (κ3) is 2.53. The van der Waals surface area contributed by atoms with Crippen molar-refractivity contribution < 1.29 is 26.0 Å². The van der Waals surface area contributed by atoms with E-state index in [0.717, 1.165) is 6.92 Å². The van der Waals surface area contributed by atoms with Crippen LogP contribution in [0.15, 0.2) is 6.07 Å². The zero-order chi connectivity index (χ0) is 14.1. The van der Waals surface area contributed by atoms with Gasteiger partial charge in [-0.1, -0.05) is 0 Å². The van der Waals surface area contributed by atoms with Gasteiger partial charge >= 0.3 is 0 Å². The highest BCUT2D eigenvalue weighted by Crippen LogP contribution is 2.25. The van der Waals surface area contributed by atoms with Crippen molar-refractivity contribution in [2.75, 3.05) is 4.72 Å². The van der Waals surface area contributed by atoms with Crippen LogP contribution in [0.1, 0.15) is 6.92 Å². The molecule has 0 aliphatic heterocycles. The lowest BCUT2D eigenvalue weighted by molar-refractivity contribution is 0.459. The summed E-state index contributed by atoms with van der Waals surface area (Å²) in [5.41, 5.74) is -1.49. The van der Waals surface area contributed by atoms with Crippen LogP contribution in [0.3, 0.4) is 0 Å². The van der Waals surface area contributed by atoms with E-state index in [0.29, 0.717) is 0 Å². The first kappa shape index (κ1) is 14.2. The van der Waals surface area contributed by atoms with Gasteiger partial charge in [-0.2, -0.15) is 5.26 Å². The number of hydrogen-bond acceptors (Lipinski definition) is 3. The predicted octanol–water partition coefficient (Wildman–Crippen LogP) is 1.90. The largest absolute Gasteiger partial charge is 0.277 e. The Morgan fingerprint density at radius 1 is 1.22 bits per heavy atom. The van der Waals surface area contributed by atoms with Crippen LogP contribution >= 0.6 is 0 Å². The first-order valence-electron chi connectivity index (χ1n) is 4.45. The number of sulfonamides is 1. The average Bonchev–Trinajstić information content (AvgIpc) is 2.31. The Hall–Kier alpha value is -1.82. The van der Waals surface area contributed by atoms with Crippen molar-refractivity contribution in [1.29, 1.82) is 5.26 Å². The molecule has 98 valence electrons. The fourth-order valence-electron chi connectivity index (χ4n) is 0.963. The number of nitriles is 1. The van der Waals surface area contributed by atoms with Crippen molar-refractivity contribution >= 4 is 15.7 Å². The molecule has 1 aromatic rings. The summed E-state index contributed by atoms with van der Waals surface area (Å²) >= 11 is 0. The number of benzene rings is 1. The summed E-state index contributed by atoms with van der Waals surface area (Å²) in [5.74, 6) is -7.28. The van der Waals surface area contributed by atoms with Gasteiger partial charge in [0.05, 0.1) is 6.07 Å². The predicted molar refractivity (Wildman–Crippen MR) is 53.9 cm³/mol. The molecule has 0 amide bonds. The van der Waals surface area contributed by atoms with Crippen LogP contribution < -0.4 is 4.72 Å². The average molecular weight is 282 g/mol. The minimum absolute atomic E-state index is 0.0593. The van der Waals surface area contributed by atoms with E-state index in [-0.39, 0.29) is 6.07 Å². The second kappa shape index (κ2) is 4.81. The van der Waals surface area contributed by atoms with Gasteiger partial charge in [0.25, 0.3) is 0 Å². The minimum Gasteiger partial charge on any atom is -0.277 e. The van der Waals surface area contributed by atoms with Crippen LogP contribution in [0.25, 0.3) is 0 Å². The van der Waals surface area contributed by atoms with Gasteiger partial charge in [-0.3, -0.25) is 4.72 Å². The zero-order valence-electron chi connectivity index (χ0n) is 8.84. The van der Waals surface area contributed by atoms with Crippen molar-refractivity contribution in [3.63, 3.8) is 0 Å². The molecule has 1 atom stereocenters. The van der Waals surface area contributed by atoms with Crippen molar-refractivity contribution in [2.24, 2.45) is 0 Å². The highest BCUT2D eigenvalue weighted by molar-refractivity contribution is 7.93. The molecule has 0 spiro atoms. The summed E-state index contributed by atoms with van der Waals surface area (Å²) in [5, 5.41) is 6.74. The Morgan fingerprint density at radius 2 is 1.67 bits per heavy atom. The molecule has 0 aromatic heterocycles. The molecule has 0 aliphatic rings. The van der Waals surface area contributed by atoms with Crippen molar-refractivity contribution in [1.82, 2.24) is 0 Å². The zero-order valence-corrected chi connectivity index (χ0v) is 9.66. The molecule has 0 fully saturated rings. The summed E-state index contributed by atoms with van der Waals surface area (Å²) in [7, 11) is -4.47. The topological polar surface area (TPSA) is 70.0 Å². The summed E-state index contributed by atoms with van der Waals surface area (Å²) in [6.07, 6.45) is 0. The van der Waals surface area contributed by atoms with E-state index in [1.165, 1.54) is 10.8 Å². The Labute approximate surface area is 99.9 Å². The molecule has 0 aliphatic carbocycles. The van der Waals surface area contributed by atoms with E-state index >= 15 is 0 Å². The molecule has 4 nitrogen and oxygen atoms in total. The standard InChI is InChI=1S/C9H6F4N2O2S/c1-4(3-14)18(16,17)15-9-7(12)5(10)2-6(11)8(9)13/h2,4,15H,1H3. The van der Waals surface area contributed by atoms with Gasteiger partial charge in [-0.05, 0) is 6.92 Å². The minimum atomic E-state index is -4.47. The monoisotopic (exact) mass is 282 g/mol. The van der Waals surface area contributed by atoms with Crippen LogP contribution in [-0.2, 0) is 10.0 Å². The first-order valence-corrected chi connectivity index (χ1v) is 5.99. The molecular formula is C9H6F4N2O2S. The second-order valence-electron chi connectivity index (χ2n) is 3.26. The van der Waals surface area contributed by atoms with E-state index in [4.69, 9.17) is 5.26 Å². The molecule has 0 heterocycles. The Balaban J connectivity index is 3.34. The van der Waals surface area contributed by atoms with Crippen LogP contribution in [0.5, 0.6) is 0 Å². The van der Waals surface area contributed by atoms with Crippen molar-refractivity contribution in [3.8, 4) is 6.07 Å². The van der Waals surface area contributed by atoms with Gasteiger partial charge in [-0.15, -0.1) is 0 Å². The molecule has 1 rings (SSSR count). The second-order valence-corrected chi connectivity index (χ2v) is 5.26. The summed E-state index contributed by atoms with van der Waals surface area (Å²) < 4.78 is 75.9. The number of rotatable bonds is 3. The van der Waals surface area contributed by atoms with Crippen molar-refractivity contribution in [2.45, 2.75) is 12.2 Å². The van der Waals surface area contributed by atoms with Crippen molar-refractivity contribution in [3.05, 3.63) is 29.3 Å². The Bertz CT molecular complexity index is 598. The van der Waals surface area contributed by atoms with Crippen LogP contribution in [0, 0.1) is 34.6 Å². The number of hydrogen-bond donors (Lipinski definition) is 1. The van der Waals surface area contributed by atoms with Gasteiger partial charge in [0, 0.05) is 6.07 Å². The van der Waals surface area contributed by atoms with Crippen LogP contribution in [0.2, 0.25) is 0 Å². The molecule has 0 radical (unpaired) electrons. The maximum Gasteiger partial charge on any atom is 0.249 e. The lowest BCUT2D eigenvalue weighted by atomic mass is 10.3. The van der Waals surface area contributed by atoms with Gasteiger partial charge in [-0.25, -0.2) is 26.0 Å². The fourth-order valence-corrected chi connectivity index (χ4v) is 1.74. The maximum atomic E-state index is 13.1. The van der Waals surface area contributed by atoms with Gasteiger partial charge in [0.2, 0.25) is 10.0 Å². The van der Waals surface area contributed by atoms with E-state index in [2.05, 4.69) is 0 Å². The fraction of sp³-hybridized carbons (Fsp3) is 0.222. The number of nitrogens with zero attached hydrogens (tertiary/aromatic N) is 1. The number of halogens is 4. The molecule has 0 saturated heterocycles. The van der Waals surface area contributed by atoms with Gasteiger partial charge in [0.1, 0.15) is 5.69 Å². The van der Waals surface area contributed by atoms with Crippen LogP contribution in [0.4, 0.5) is 23.2 Å². The summed E-state index contributed by atoms with van der Waals surface area (Å²) in [6.45, 7) is 0.938. The molecular weight excluding hydrogens is 276 g/mol. The number of nitrogens with one attached hydrogen (secondary N) is 1. The maximum absolute atomic E-state index is 13.1. The SMILES string of the molecule is CC(C#N)S(=O)(=O)Nc1c(F)c(F)cc(F)c1F. The highest BCUT2D eigenvalue weighted by atomic mass is 32.2. The van der Waals surface area contributed by atoms with Gasteiger partial charge < -0.3 is 0 Å². The lowest BCUT2D eigenvalue weighted by Crippen LogP contribution is -2.25. The van der Waals surface area contributed by atoms with Crippen LogP contribution in [-0.4, -0.2) is 13.7 Å². The molecule has 18 heavy (non-hydrogen) atoms. The lowest BCUT2D eigenvalue weighted by Gasteiger charge is -2.11. The Morgan fingerprint density at radius 3 is 2.06 bits per heavy atom. The molecule has 0 saturated carbocycles. The first-order chi connectivity index (χ1) is 8.20. The van der Waals surface area contributed by atoms with E-state index in [9.17, 15) is 26.0 Å². The highest BCUT2D eigenvalue weighted by Gasteiger charge is 2.26. The third-order valence-corrected chi connectivity index (χ3v) is 3.53. The normalized spacial score (nSPS) is 12.9. The van der Waals surface area contributed by atoms with E-state index in [1.54, 1.807) is 0 Å². The number of anilines is 1. The summed E-state index contributed by atoms with van der Waals surface area (Å²) in [4.78, 5) is 0. The molecule has 1 N–H and O–H groups in total. The quantitative estimate of drug-likeness (QED) is 0.680. The molecule has 9 heteroatoms. The summed E-state index contributed by atoms with van der Waals surface area (Å²) in [6, 6.07) is 1.25. The molecule has 1 aromatic carbocycles. The van der Waals surface area contributed by atoms with E-state index in [1.807, 2.05) is 0 Å². The molecule has 0 bridgehead atoms. The molecule has 1 unspecified atom stereocenters. The van der Waals surface area contributed by atoms with Gasteiger partial charge in [0.15, 0.2) is 28.5 Å². The third-order valence-electron chi connectivity index (χ3n) is 2.00. The Kier molecular flexibility index (Phi) is 3.81.